The van der Waals surface area contributed by atoms with Gasteiger partial charge < -0.3 is 4.90 Å². The van der Waals surface area contributed by atoms with Crippen LogP contribution in [0.2, 0.25) is 0 Å². The number of anilines is 1. The van der Waals surface area contributed by atoms with Gasteiger partial charge in [-0.25, -0.2) is 4.98 Å². The van der Waals surface area contributed by atoms with E-state index >= 15 is 0 Å². The molecule has 0 fully saturated rings. The van der Waals surface area contributed by atoms with Crippen molar-refractivity contribution in [2.24, 2.45) is 0 Å². The Bertz CT molecular complexity index is 599. The molecule has 0 unspecified atom stereocenters. The second-order valence-corrected chi connectivity index (χ2v) is 4.51. The Hall–Kier alpha value is -2.34. The third kappa shape index (κ3) is 3.32. The lowest BCUT2D eigenvalue weighted by atomic mass is 10.1. The van der Waals surface area contributed by atoms with Crippen molar-refractivity contribution in [3.8, 4) is 6.07 Å². The van der Waals surface area contributed by atoms with E-state index in [0.717, 1.165) is 18.7 Å². The van der Waals surface area contributed by atoms with E-state index in [1.54, 1.807) is 6.20 Å². The molecule has 0 spiro atoms. The Kier molecular flexibility index (Phi) is 4.15. The number of aryl methyl sites for hydroxylation is 1. The molecule has 0 saturated heterocycles. The van der Waals surface area contributed by atoms with Crippen LogP contribution in [0.25, 0.3) is 0 Å². The number of hydrogen-bond donors (Lipinski definition) is 0. The zero-order valence-electron chi connectivity index (χ0n) is 11.3. The van der Waals surface area contributed by atoms with E-state index in [-0.39, 0.29) is 0 Å². The zero-order valence-corrected chi connectivity index (χ0v) is 11.3. The normalized spacial score (nSPS) is 9.95. The van der Waals surface area contributed by atoms with Gasteiger partial charge in [-0.2, -0.15) is 5.26 Å². The van der Waals surface area contributed by atoms with E-state index < -0.39 is 0 Å². The van der Waals surface area contributed by atoms with Gasteiger partial charge in [0.2, 0.25) is 0 Å². The van der Waals surface area contributed by atoms with Crippen molar-refractivity contribution in [2.75, 3.05) is 11.4 Å². The van der Waals surface area contributed by atoms with Gasteiger partial charge in [0.25, 0.3) is 0 Å². The minimum Gasteiger partial charge on any atom is -0.367 e. The van der Waals surface area contributed by atoms with Crippen LogP contribution >= 0.6 is 0 Å². The van der Waals surface area contributed by atoms with E-state index in [9.17, 15) is 0 Å². The molecule has 2 rings (SSSR count). The zero-order chi connectivity index (χ0) is 13.7. The van der Waals surface area contributed by atoms with Gasteiger partial charge in [-0.05, 0) is 49.2 Å². The highest BCUT2D eigenvalue weighted by molar-refractivity contribution is 5.49. The van der Waals surface area contributed by atoms with E-state index in [4.69, 9.17) is 5.26 Å². The molecule has 0 N–H and O–H groups in total. The molecular weight excluding hydrogens is 234 g/mol. The lowest BCUT2D eigenvalue weighted by molar-refractivity contribution is 0.829. The van der Waals surface area contributed by atoms with Gasteiger partial charge in [-0.3, -0.25) is 0 Å². The molecule has 1 aromatic carbocycles. The number of hydrogen-bond acceptors (Lipinski definition) is 3. The maximum atomic E-state index is 8.88. The average Bonchev–Trinajstić information content (AvgIpc) is 2.45. The molecule has 0 aliphatic rings. The molecule has 3 nitrogen and oxygen atoms in total. The Morgan fingerprint density at radius 1 is 1.26 bits per heavy atom. The Morgan fingerprint density at radius 3 is 2.79 bits per heavy atom. The molecule has 0 aliphatic carbocycles. The van der Waals surface area contributed by atoms with Crippen molar-refractivity contribution in [1.29, 1.82) is 5.26 Å². The van der Waals surface area contributed by atoms with Gasteiger partial charge in [0.15, 0.2) is 0 Å². The smallest absolute Gasteiger partial charge is 0.140 e. The molecule has 3 heteroatoms. The summed E-state index contributed by atoms with van der Waals surface area (Å²) in [6, 6.07) is 14.3. The van der Waals surface area contributed by atoms with Crippen LogP contribution in [0.4, 0.5) is 5.69 Å². The summed E-state index contributed by atoms with van der Waals surface area (Å²) in [6.45, 7) is 5.94. The standard InChI is InChI=1S/C16H17N3/c1-3-19(16-6-4-5-13(2)9-16)12-14-7-8-18-15(10-14)11-17/h4-10H,3,12H2,1-2H3. The molecular formula is C16H17N3. The van der Waals surface area contributed by atoms with Crippen molar-refractivity contribution in [2.45, 2.75) is 20.4 Å². The van der Waals surface area contributed by atoms with Gasteiger partial charge in [0.05, 0.1) is 0 Å². The lowest BCUT2D eigenvalue weighted by Crippen LogP contribution is -2.22. The van der Waals surface area contributed by atoms with Crippen molar-refractivity contribution in [3.05, 3.63) is 59.4 Å². The fourth-order valence-electron chi connectivity index (χ4n) is 2.06. The van der Waals surface area contributed by atoms with Crippen LogP contribution in [0.15, 0.2) is 42.6 Å². The molecule has 1 aromatic heterocycles. The molecule has 2 aromatic rings. The summed E-state index contributed by atoms with van der Waals surface area (Å²) < 4.78 is 0. The predicted molar refractivity (Wildman–Crippen MR) is 76.9 cm³/mol. The van der Waals surface area contributed by atoms with Crippen LogP contribution in [-0.4, -0.2) is 11.5 Å². The Morgan fingerprint density at radius 2 is 2.11 bits per heavy atom. The van der Waals surface area contributed by atoms with Crippen LogP contribution in [0.3, 0.4) is 0 Å². The first kappa shape index (κ1) is 13.1. The summed E-state index contributed by atoms with van der Waals surface area (Å²) in [6.07, 6.45) is 1.69. The molecule has 0 aliphatic heterocycles. The first-order chi connectivity index (χ1) is 9.22. The van der Waals surface area contributed by atoms with Gasteiger partial charge >= 0.3 is 0 Å². The number of nitriles is 1. The fourth-order valence-corrected chi connectivity index (χ4v) is 2.06. The maximum Gasteiger partial charge on any atom is 0.140 e. The lowest BCUT2D eigenvalue weighted by Gasteiger charge is -2.23. The topological polar surface area (TPSA) is 39.9 Å². The summed E-state index contributed by atoms with van der Waals surface area (Å²) in [5, 5.41) is 8.88. The highest BCUT2D eigenvalue weighted by atomic mass is 15.1. The molecule has 0 amide bonds. The highest BCUT2D eigenvalue weighted by Gasteiger charge is 2.06. The van der Waals surface area contributed by atoms with E-state index in [2.05, 4.69) is 54.1 Å². The molecule has 0 saturated carbocycles. The van der Waals surface area contributed by atoms with E-state index in [1.165, 1.54) is 11.3 Å². The van der Waals surface area contributed by atoms with Crippen LogP contribution in [0.5, 0.6) is 0 Å². The second kappa shape index (κ2) is 6.01. The highest BCUT2D eigenvalue weighted by Crippen LogP contribution is 2.18. The van der Waals surface area contributed by atoms with Crippen molar-refractivity contribution >= 4 is 5.69 Å². The first-order valence-electron chi connectivity index (χ1n) is 6.39. The minimum absolute atomic E-state index is 0.470. The molecule has 0 bridgehead atoms. The van der Waals surface area contributed by atoms with Crippen LogP contribution in [0, 0.1) is 18.3 Å². The third-order valence-electron chi connectivity index (χ3n) is 3.06. The molecule has 0 radical (unpaired) electrons. The van der Waals surface area contributed by atoms with Crippen molar-refractivity contribution in [3.63, 3.8) is 0 Å². The van der Waals surface area contributed by atoms with Crippen molar-refractivity contribution in [1.82, 2.24) is 4.98 Å². The third-order valence-corrected chi connectivity index (χ3v) is 3.06. The summed E-state index contributed by atoms with van der Waals surface area (Å²) in [5.74, 6) is 0. The average molecular weight is 251 g/mol. The molecule has 1 heterocycles. The number of rotatable bonds is 4. The minimum atomic E-state index is 0.470. The predicted octanol–water partition coefficient (Wildman–Crippen LogP) is 3.29. The number of nitrogens with zero attached hydrogens (tertiary/aromatic N) is 3. The van der Waals surface area contributed by atoms with Gasteiger partial charge in [0, 0.05) is 25.0 Å². The van der Waals surface area contributed by atoms with Crippen molar-refractivity contribution < 1.29 is 0 Å². The summed E-state index contributed by atoms with van der Waals surface area (Å²) in [5.41, 5.74) is 4.04. The van der Waals surface area contributed by atoms with Gasteiger partial charge in [0.1, 0.15) is 11.8 Å². The second-order valence-electron chi connectivity index (χ2n) is 4.51. The summed E-state index contributed by atoms with van der Waals surface area (Å²) >= 11 is 0. The number of aromatic nitrogens is 1. The van der Waals surface area contributed by atoms with Crippen LogP contribution < -0.4 is 4.90 Å². The van der Waals surface area contributed by atoms with Crippen LogP contribution in [-0.2, 0) is 6.54 Å². The van der Waals surface area contributed by atoms with Crippen LogP contribution in [0.1, 0.15) is 23.7 Å². The molecule has 0 atom stereocenters. The fraction of sp³-hybridized carbons (Fsp3) is 0.250. The maximum absolute atomic E-state index is 8.88. The monoisotopic (exact) mass is 251 g/mol. The Labute approximate surface area is 114 Å². The number of pyridine rings is 1. The van der Waals surface area contributed by atoms with Gasteiger partial charge in [-0.15, -0.1) is 0 Å². The number of benzene rings is 1. The largest absolute Gasteiger partial charge is 0.367 e. The van der Waals surface area contributed by atoms with Gasteiger partial charge in [-0.1, -0.05) is 12.1 Å². The first-order valence-corrected chi connectivity index (χ1v) is 6.39. The molecule has 19 heavy (non-hydrogen) atoms. The van der Waals surface area contributed by atoms with E-state index in [1.807, 2.05) is 12.1 Å². The Balaban J connectivity index is 2.21. The SMILES string of the molecule is CCN(Cc1ccnc(C#N)c1)c1cccc(C)c1. The molecule has 96 valence electrons. The quantitative estimate of drug-likeness (QED) is 0.837. The van der Waals surface area contributed by atoms with E-state index in [0.29, 0.717) is 5.69 Å². The summed E-state index contributed by atoms with van der Waals surface area (Å²) in [7, 11) is 0. The summed E-state index contributed by atoms with van der Waals surface area (Å²) in [4.78, 5) is 6.28.